The third kappa shape index (κ3) is 6.67. The number of benzene rings is 2. The number of carbonyl (C=O) groups is 3. The zero-order valence-corrected chi connectivity index (χ0v) is 17.2. The van der Waals surface area contributed by atoms with Crippen molar-refractivity contribution >= 4 is 46.0 Å². The van der Waals surface area contributed by atoms with E-state index in [4.69, 9.17) is 0 Å². The molecule has 0 aliphatic carbocycles. The third-order valence-electron chi connectivity index (χ3n) is 3.72. The Labute approximate surface area is 172 Å². The van der Waals surface area contributed by atoms with Crippen LogP contribution in [0.3, 0.4) is 0 Å². The van der Waals surface area contributed by atoms with Crippen LogP contribution in [0.25, 0.3) is 0 Å². The van der Waals surface area contributed by atoms with Gasteiger partial charge >= 0.3 is 0 Å². The second kappa shape index (κ2) is 10.7. The highest BCUT2D eigenvalue weighted by Crippen LogP contribution is 2.11. The molecule has 0 saturated carbocycles. The summed E-state index contributed by atoms with van der Waals surface area (Å²) in [5.74, 6) is -0.440. The first-order valence-electron chi connectivity index (χ1n) is 8.72. The molecule has 3 amide bonds. The lowest BCUT2D eigenvalue weighted by atomic mass is 10.2. The van der Waals surface area contributed by atoms with E-state index in [0.29, 0.717) is 36.3 Å². The minimum absolute atomic E-state index is 0.0430. The van der Waals surface area contributed by atoms with Gasteiger partial charge in [-0.1, -0.05) is 19.1 Å². The van der Waals surface area contributed by atoms with Gasteiger partial charge in [-0.25, -0.2) is 0 Å². The Hall–Kier alpha value is -2.42. The average Bonchev–Trinajstić information content (AvgIpc) is 2.66. The highest BCUT2D eigenvalue weighted by molar-refractivity contribution is 14.1. The van der Waals surface area contributed by atoms with E-state index in [2.05, 4.69) is 38.5 Å². The average molecular weight is 479 g/mol. The first kappa shape index (κ1) is 20.9. The van der Waals surface area contributed by atoms with E-state index in [1.807, 2.05) is 25.1 Å². The van der Waals surface area contributed by atoms with Crippen LogP contribution in [0.15, 0.2) is 48.5 Å². The molecule has 0 unspecified atom stereocenters. The summed E-state index contributed by atoms with van der Waals surface area (Å²) in [5.41, 5.74) is 1.77. The van der Waals surface area contributed by atoms with Crippen molar-refractivity contribution in [3.63, 3.8) is 0 Å². The molecule has 2 rings (SSSR count). The van der Waals surface area contributed by atoms with E-state index < -0.39 is 0 Å². The smallest absolute Gasteiger partial charge is 0.252 e. The molecular formula is C20H22IN3O3. The van der Waals surface area contributed by atoms with E-state index in [1.165, 1.54) is 0 Å². The lowest BCUT2D eigenvalue weighted by Gasteiger charge is -2.09. The summed E-state index contributed by atoms with van der Waals surface area (Å²) in [6.07, 6.45) is 1.25. The maximum atomic E-state index is 12.1. The predicted octanol–water partition coefficient (Wildman–Crippen LogP) is 3.19. The topological polar surface area (TPSA) is 87.3 Å². The highest BCUT2D eigenvalue weighted by Gasteiger charge is 2.09. The van der Waals surface area contributed by atoms with Crippen LogP contribution in [0.2, 0.25) is 0 Å². The summed E-state index contributed by atoms with van der Waals surface area (Å²) in [5, 5.41) is 8.32. The van der Waals surface area contributed by atoms with Crippen molar-refractivity contribution in [3.8, 4) is 0 Å². The maximum absolute atomic E-state index is 12.1. The van der Waals surface area contributed by atoms with Crippen LogP contribution >= 0.6 is 22.6 Å². The van der Waals surface area contributed by atoms with E-state index >= 15 is 0 Å². The normalized spacial score (nSPS) is 10.1. The molecule has 0 aliphatic rings. The van der Waals surface area contributed by atoms with Gasteiger partial charge in [0, 0.05) is 34.3 Å². The van der Waals surface area contributed by atoms with Gasteiger partial charge < -0.3 is 16.0 Å². The molecule has 0 spiro atoms. The lowest BCUT2D eigenvalue weighted by molar-refractivity contribution is -0.116. The Morgan fingerprint density at radius 2 is 1.52 bits per heavy atom. The number of anilines is 1. The number of hydrogen-bond acceptors (Lipinski definition) is 3. The van der Waals surface area contributed by atoms with Crippen LogP contribution in [0.1, 0.15) is 40.5 Å². The van der Waals surface area contributed by atoms with Crippen molar-refractivity contribution < 1.29 is 14.4 Å². The van der Waals surface area contributed by atoms with Gasteiger partial charge in [0.1, 0.15) is 0 Å². The molecule has 3 N–H and O–H groups in total. The molecule has 0 aliphatic heterocycles. The Morgan fingerprint density at radius 1 is 0.889 bits per heavy atom. The van der Waals surface area contributed by atoms with Gasteiger partial charge in [-0.3, -0.25) is 14.4 Å². The van der Waals surface area contributed by atoms with Crippen molar-refractivity contribution in [2.75, 3.05) is 18.4 Å². The highest BCUT2D eigenvalue weighted by atomic mass is 127. The number of carbonyl (C=O) groups excluding carboxylic acids is 3. The zero-order valence-electron chi connectivity index (χ0n) is 15.0. The van der Waals surface area contributed by atoms with Crippen LogP contribution in [0.4, 0.5) is 5.69 Å². The Kier molecular flexibility index (Phi) is 8.25. The number of halogens is 1. The molecule has 0 saturated heterocycles. The molecule has 0 aromatic heterocycles. The summed E-state index contributed by atoms with van der Waals surface area (Å²) >= 11 is 2.11. The molecule has 0 radical (unpaired) electrons. The van der Waals surface area contributed by atoms with Crippen LogP contribution in [-0.2, 0) is 4.79 Å². The third-order valence-corrected chi connectivity index (χ3v) is 4.66. The maximum Gasteiger partial charge on any atom is 0.252 e. The Balaban J connectivity index is 1.76. The second-order valence-corrected chi connectivity index (χ2v) is 7.03. The van der Waals surface area contributed by atoms with Gasteiger partial charge in [-0.2, -0.15) is 0 Å². The summed E-state index contributed by atoms with van der Waals surface area (Å²) in [6.45, 7) is 2.60. The molecule has 0 fully saturated rings. The van der Waals surface area contributed by atoms with Gasteiger partial charge in [-0.05, 0) is 65.4 Å². The molecule has 6 nitrogen and oxygen atoms in total. The van der Waals surface area contributed by atoms with E-state index in [-0.39, 0.29) is 17.7 Å². The molecule has 0 heterocycles. The largest absolute Gasteiger partial charge is 0.350 e. The number of amides is 3. The van der Waals surface area contributed by atoms with Crippen LogP contribution in [0, 0.1) is 3.57 Å². The quantitative estimate of drug-likeness (QED) is 0.402. The second-order valence-electron chi connectivity index (χ2n) is 5.87. The van der Waals surface area contributed by atoms with Crippen molar-refractivity contribution in [2.24, 2.45) is 0 Å². The number of rotatable bonds is 8. The van der Waals surface area contributed by atoms with Gasteiger partial charge in [0.25, 0.3) is 11.8 Å². The van der Waals surface area contributed by atoms with Crippen molar-refractivity contribution in [1.29, 1.82) is 0 Å². The first-order chi connectivity index (χ1) is 13.0. The predicted molar refractivity (Wildman–Crippen MR) is 114 cm³/mol. The van der Waals surface area contributed by atoms with Crippen molar-refractivity contribution in [2.45, 2.75) is 19.8 Å². The fourth-order valence-corrected chi connectivity index (χ4v) is 2.98. The summed E-state index contributed by atoms with van der Waals surface area (Å²) in [6, 6.07) is 14.0. The fraction of sp³-hybridized carbons (Fsp3) is 0.250. The molecule has 142 valence electrons. The van der Waals surface area contributed by atoms with Crippen molar-refractivity contribution in [3.05, 3.63) is 63.2 Å². The molecule has 0 bridgehead atoms. The van der Waals surface area contributed by atoms with E-state index in [9.17, 15) is 14.4 Å². The molecule has 27 heavy (non-hydrogen) atoms. The molecular weight excluding hydrogens is 457 g/mol. The van der Waals surface area contributed by atoms with E-state index in [1.54, 1.807) is 30.3 Å². The summed E-state index contributed by atoms with van der Waals surface area (Å²) in [4.78, 5) is 35.8. The van der Waals surface area contributed by atoms with Gasteiger partial charge in [-0.15, -0.1) is 0 Å². The summed E-state index contributed by atoms with van der Waals surface area (Å²) < 4.78 is 0.878. The van der Waals surface area contributed by atoms with Crippen LogP contribution < -0.4 is 16.0 Å². The number of hydrogen-bond donors (Lipinski definition) is 3. The SMILES string of the molecule is CCCC(=O)Nc1ccc(C(=O)NCCNC(=O)c2ccccc2I)cc1. The lowest BCUT2D eigenvalue weighted by Crippen LogP contribution is -2.34. The minimum Gasteiger partial charge on any atom is -0.350 e. The van der Waals surface area contributed by atoms with E-state index in [0.717, 1.165) is 9.99 Å². The standard InChI is InChI=1S/C20H22IN3O3/c1-2-5-18(25)24-15-10-8-14(9-11-15)19(26)22-12-13-23-20(27)16-6-3-4-7-17(16)21/h3-4,6-11H,2,5,12-13H2,1H3,(H,22,26)(H,23,27)(H,24,25). The van der Waals surface area contributed by atoms with Gasteiger partial charge in [0.15, 0.2) is 0 Å². The van der Waals surface area contributed by atoms with Gasteiger partial charge in [0.2, 0.25) is 5.91 Å². The molecule has 7 heteroatoms. The Morgan fingerprint density at radius 3 is 2.15 bits per heavy atom. The summed E-state index contributed by atoms with van der Waals surface area (Å²) in [7, 11) is 0. The number of nitrogens with one attached hydrogen (secondary N) is 3. The molecule has 2 aromatic carbocycles. The molecule has 0 atom stereocenters. The van der Waals surface area contributed by atoms with Crippen LogP contribution in [-0.4, -0.2) is 30.8 Å². The first-order valence-corrected chi connectivity index (χ1v) is 9.80. The monoisotopic (exact) mass is 479 g/mol. The van der Waals surface area contributed by atoms with Gasteiger partial charge in [0.05, 0.1) is 5.56 Å². The Bertz CT molecular complexity index is 806. The van der Waals surface area contributed by atoms with Crippen LogP contribution in [0.5, 0.6) is 0 Å². The van der Waals surface area contributed by atoms with Crippen molar-refractivity contribution in [1.82, 2.24) is 10.6 Å². The zero-order chi connectivity index (χ0) is 19.6. The molecule has 2 aromatic rings. The fourth-order valence-electron chi connectivity index (χ4n) is 2.35. The minimum atomic E-state index is -0.232.